The predicted octanol–water partition coefficient (Wildman–Crippen LogP) is 1.45. The van der Waals surface area contributed by atoms with Crippen molar-refractivity contribution in [3.05, 3.63) is 29.1 Å². The second kappa shape index (κ2) is 7.99. The number of hydrogen-bond donors (Lipinski definition) is 0. The molecule has 142 valence electrons. The van der Waals surface area contributed by atoms with Gasteiger partial charge in [0.25, 0.3) is 5.91 Å². The van der Waals surface area contributed by atoms with Crippen LogP contribution in [0.4, 0.5) is 0 Å². The van der Waals surface area contributed by atoms with Gasteiger partial charge in [0.05, 0.1) is 23.1 Å². The van der Waals surface area contributed by atoms with E-state index in [0.717, 1.165) is 10.2 Å². The molecule has 2 aromatic rings. The summed E-state index contributed by atoms with van der Waals surface area (Å²) in [5.74, 6) is -0.398. The highest BCUT2D eigenvalue weighted by atomic mass is 32.2. The average Bonchev–Trinajstić information content (AvgIpc) is 2.96. The fourth-order valence-corrected chi connectivity index (χ4v) is 5.06. The van der Waals surface area contributed by atoms with Gasteiger partial charge in [-0.3, -0.25) is 4.79 Å². The number of amides is 1. The Balaban J connectivity index is 1.84. The Hall–Kier alpha value is -1.55. The largest absolute Gasteiger partial charge is 0.383 e. The number of carbonyl (C=O) groups excluding carboxylic acids is 1. The summed E-state index contributed by atoms with van der Waals surface area (Å²) in [6, 6.07) is 7.95. The molecule has 1 amide bonds. The van der Waals surface area contributed by atoms with Crippen LogP contribution in [0.3, 0.4) is 0 Å². The zero-order valence-electron chi connectivity index (χ0n) is 14.9. The minimum atomic E-state index is -3.19. The molecule has 0 atom stereocenters. The van der Waals surface area contributed by atoms with E-state index >= 15 is 0 Å². The van der Waals surface area contributed by atoms with Gasteiger partial charge in [0.15, 0.2) is 4.80 Å². The number of thiazole rings is 1. The van der Waals surface area contributed by atoms with Gasteiger partial charge in [-0.15, -0.1) is 0 Å². The Morgan fingerprint density at radius 2 is 2.00 bits per heavy atom. The van der Waals surface area contributed by atoms with Crippen LogP contribution in [-0.4, -0.2) is 56.3 Å². The minimum Gasteiger partial charge on any atom is -0.383 e. The maximum Gasteiger partial charge on any atom is 0.251 e. The molecule has 0 bridgehead atoms. The van der Waals surface area contributed by atoms with Gasteiger partial charge in [-0.05, 0) is 25.0 Å². The van der Waals surface area contributed by atoms with Crippen LogP contribution in [0.2, 0.25) is 0 Å². The summed E-state index contributed by atoms with van der Waals surface area (Å²) in [5.41, 5.74) is 1.04. The van der Waals surface area contributed by atoms with Gasteiger partial charge in [0, 0.05) is 32.7 Å². The molecule has 0 N–H and O–H groups in total. The number of carbonyl (C=O) groups is 1. The molecule has 7 nitrogen and oxygen atoms in total. The zero-order valence-corrected chi connectivity index (χ0v) is 16.6. The molecule has 9 heteroatoms. The third kappa shape index (κ3) is 4.22. The molecule has 0 radical (unpaired) electrons. The number of sulfonamides is 1. The fraction of sp³-hybridized carbons (Fsp3) is 0.529. The van der Waals surface area contributed by atoms with E-state index in [9.17, 15) is 13.2 Å². The number of piperidine rings is 1. The minimum absolute atomic E-state index is 0.170. The van der Waals surface area contributed by atoms with Gasteiger partial charge in [-0.2, -0.15) is 4.99 Å². The van der Waals surface area contributed by atoms with Crippen molar-refractivity contribution in [2.45, 2.75) is 19.4 Å². The SMILES string of the molecule is COCCn1c(=NC(=O)C2CCN(S(C)(=O)=O)CC2)sc2ccccc21. The van der Waals surface area contributed by atoms with Gasteiger partial charge in [-0.25, -0.2) is 12.7 Å². The molecule has 0 unspecified atom stereocenters. The van der Waals surface area contributed by atoms with E-state index < -0.39 is 10.0 Å². The molecule has 0 saturated carbocycles. The van der Waals surface area contributed by atoms with E-state index in [1.165, 1.54) is 21.9 Å². The van der Waals surface area contributed by atoms with Gasteiger partial charge in [-0.1, -0.05) is 23.5 Å². The number of benzene rings is 1. The molecule has 1 fully saturated rings. The molecule has 1 aromatic heterocycles. The fourth-order valence-electron chi connectivity index (χ4n) is 3.12. The van der Waals surface area contributed by atoms with E-state index in [4.69, 9.17) is 4.74 Å². The van der Waals surface area contributed by atoms with Gasteiger partial charge < -0.3 is 9.30 Å². The summed E-state index contributed by atoms with van der Waals surface area (Å²) in [5, 5.41) is 0. The highest BCUT2D eigenvalue weighted by molar-refractivity contribution is 7.88. The van der Waals surface area contributed by atoms with Crippen molar-refractivity contribution >= 4 is 37.5 Å². The number of ether oxygens (including phenoxy) is 1. The number of fused-ring (bicyclic) bond motifs is 1. The summed E-state index contributed by atoms with van der Waals surface area (Å²) in [4.78, 5) is 17.7. The Morgan fingerprint density at radius 3 is 2.65 bits per heavy atom. The standard InChI is InChI=1S/C17H23N3O4S2/c1-24-12-11-20-14-5-3-4-6-15(14)25-17(20)18-16(21)13-7-9-19(10-8-13)26(2,22)23/h3-6,13H,7-12H2,1-2H3. The smallest absolute Gasteiger partial charge is 0.251 e. The number of para-hydroxylation sites is 1. The second-order valence-corrected chi connectivity index (χ2v) is 9.37. The quantitative estimate of drug-likeness (QED) is 0.765. The molecule has 1 aliphatic rings. The highest BCUT2D eigenvalue weighted by Crippen LogP contribution is 2.21. The molecular formula is C17H23N3O4S2. The van der Waals surface area contributed by atoms with Crippen molar-refractivity contribution in [1.29, 1.82) is 0 Å². The summed E-state index contributed by atoms with van der Waals surface area (Å²) >= 11 is 1.49. The van der Waals surface area contributed by atoms with E-state index in [-0.39, 0.29) is 11.8 Å². The van der Waals surface area contributed by atoms with Crippen molar-refractivity contribution < 1.29 is 17.9 Å². The van der Waals surface area contributed by atoms with Gasteiger partial charge in [0.2, 0.25) is 10.0 Å². The van der Waals surface area contributed by atoms with Gasteiger partial charge >= 0.3 is 0 Å². The van der Waals surface area contributed by atoms with Gasteiger partial charge in [0.1, 0.15) is 0 Å². The van der Waals surface area contributed by atoms with Crippen LogP contribution in [0.15, 0.2) is 29.3 Å². The first-order valence-corrected chi connectivity index (χ1v) is 11.2. The average molecular weight is 398 g/mol. The summed E-state index contributed by atoms with van der Waals surface area (Å²) < 4.78 is 32.9. The second-order valence-electron chi connectivity index (χ2n) is 6.38. The molecule has 1 aromatic carbocycles. The lowest BCUT2D eigenvalue weighted by atomic mass is 9.98. The third-order valence-corrected chi connectivity index (χ3v) is 6.95. The van der Waals surface area contributed by atoms with Crippen molar-refractivity contribution in [3.8, 4) is 0 Å². The number of nitrogens with zero attached hydrogens (tertiary/aromatic N) is 3. The van der Waals surface area contributed by atoms with Crippen molar-refractivity contribution in [1.82, 2.24) is 8.87 Å². The first-order valence-electron chi connectivity index (χ1n) is 8.51. The normalized spacial score (nSPS) is 17.8. The Labute approximate surface area is 157 Å². The lowest BCUT2D eigenvalue weighted by molar-refractivity contribution is -0.122. The molecule has 0 aliphatic carbocycles. The van der Waals surface area contributed by atoms with Crippen LogP contribution < -0.4 is 4.80 Å². The predicted molar refractivity (Wildman–Crippen MR) is 101 cm³/mol. The van der Waals surface area contributed by atoms with E-state index in [1.807, 2.05) is 28.8 Å². The number of rotatable bonds is 5. The summed E-state index contributed by atoms with van der Waals surface area (Å²) in [7, 11) is -1.55. The van der Waals surface area contributed by atoms with Crippen molar-refractivity contribution in [2.24, 2.45) is 10.9 Å². The van der Waals surface area contributed by atoms with Crippen molar-refractivity contribution in [2.75, 3.05) is 33.1 Å². The Morgan fingerprint density at radius 1 is 1.31 bits per heavy atom. The Kier molecular flexibility index (Phi) is 5.91. The van der Waals surface area contributed by atoms with Crippen molar-refractivity contribution in [3.63, 3.8) is 0 Å². The van der Waals surface area contributed by atoms with Crippen LogP contribution in [0.1, 0.15) is 12.8 Å². The number of hydrogen-bond acceptors (Lipinski definition) is 5. The first kappa shape index (κ1) is 19.2. The lowest BCUT2D eigenvalue weighted by Crippen LogP contribution is -2.39. The molecule has 1 aliphatic heterocycles. The Bertz CT molecular complexity index is 954. The highest BCUT2D eigenvalue weighted by Gasteiger charge is 2.28. The summed E-state index contributed by atoms with van der Waals surface area (Å²) in [6.45, 7) is 1.91. The molecule has 1 saturated heterocycles. The van der Waals surface area contributed by atoms with Crippen LogP contribution in [0, 0.1) is 5.92 Å². The van der Waals surface area contributed by atoms with Crippen LogP contribution in [0.25, 0.3) is 10.2 Å². The van der Waals surface area contributed by atoms with Crippen LogP contribution in [-0.2, 0) is 26.1 Å². The number of methoxy groups -OCH3 is 1. The lowest BCUT2D eigenvalue weighted by Gasteiger charge is -2.28. The van der Waals surface area contributed by atoms with E-state index in [0.29, 0.717) is 43.9 Å². The van der Waals surface area contributed by atoms with E-state index in [2.05, 4.69) is 4.99 Å². The maximum absolute atomic E-state index is 12.7. The molecule has 26 heavy (non-hydrogen) atoms. The molecule has 2 heterocycles. The molecule has 3 rings (SSSR count). The molecular weight excluding hydrogens is 374 g/mol. The van der Waals surface area contributed by atoms with E-state index in [1.54, 1.807) is 7.11 Å². The topological polar surface area (TPSA) is 81.0 Å². The zero-order chi connectivity index (χ0) is 18.7. The number of aromatic nitrogens is 1. The monoisotopic (exact) mass is 397 g/mol. The summed E-state index contributed by atoms with van der Waals surface area (Å²) in [6.07, 6.45) is 2.23. The molecule has 0 spiro atoms. The first-order chi connectivity index (χ1) is 12.4. The van der Waals surface area contributed by atoms with Crippen LogP contribution >= 0.6 is 11.3 Å². The maximum atomic E-state index is 12.7. The van der Waals surface area contributed by atoms with Crippen LogP contribution in [0.5, 0.6) is 0 Å². The third-order valence-electron chi connectivity index (χ3n) is 4.59.